The molecule has 0 saturated heterocycles. The number of fused-ring (bicyclic) bond motifs is 1. The van der Waals surface area contributed by atoms with Crippen LogP contribution >= 0.6 is 11.6 Å². The van der Waals surface area contributed by atoms with Gasteiger partial charge in [-0.3, -0.25) is 9.59 Å². The molecule has 28 heavy (non-hydrogen) atoms. The van der Waals surface area contributed by atoms with Gasteiger partial charge in [0.1, 0.15) is 6.33 Å². The number of hydrogen-bond acceptors (Lipinski definition) is 5. The summed E-state index contributed by atoms with van der Waals surface area (Å²) in [5.74, 6) is -0.802. The predicted molar refractivity (Wildman–Crippen MR) is 108 cm³/mol. The summed E-state index contributed by atoms with van der Waals surface area (Å²) in [4.78, 5) is 34.8. The van der Waals surface area contributed by atoms with E-state index in [2.05, 4.69) is 20.4 Å². The molecule has 0 aliphatic carbocycles. The van der Waals surface area contributed by atoms with Crippen molar-refractivity contribution >= 4 is 40.0 Å². The number of hydrogen-bond donors (Lipinski definition) is 1. The van der Waals surface area contributed by atoms with E-state index in [1.54, 1.807) is 39.1 Å². The minimum Gasteiger partial charge on any atom is -0.322 e. The molecule has 2 aromatic heterocycles. The third kappa shape index (κ3) is 3.75. The second-order valence-electron chi connectivity index (χ2n) is 7.77. The summed E-state index contributed by atoms with van der Waals surface area (Å²) in [6.07, 6.45) is 2.96. The smallest absolute Gasteiger partial charge is 0.257 e. The van der Waals surface area contributed by atoms with Gasteiger partial charge in [-0.15, -0.1) is 0 Å². The van der Waals surface area contributed by atoms with Crippen LogP contribution in [0, 0.1) is 19.3 Å². The molecule has 0 aliphatic rings. The fourth-order valence-electron chi connectivity index (χ4n) is 2.86. The third-order valence-corrected chi connectivity index (χ3v) is 4.78. The van der Waals surface area contributed by atoms with E-state index in [0.717, 1.165) is 11.3 Å². The number of anilines is 1. The van der Waals surface area contributed by atoms with Crippen molar-refractivity contribution in [1.29, 1.82) is 0 Å². The minimum atomic E-state index is -1.19. The zero-order chi connectivity index (χ0) is 20.6. The average Bonchev–Trinajstić information content (AvgIpc) is 3.03. The van der Waals surface area contributed by atoms with Gasteiger partial charge in [0.05, 0.1) is 28.0 Å². The Labute approximate surface area is 168 Å². The van der Waals surface area contributed by atoms with Crippen LogP contribution in [0.15, 0.2) is 30.7 Å². The minimum absolute atomic E-state index is 0.282. The van der Waals surface area contributed by atoms with Gasteiger partial charge in [-0.2, -0.15) is 5.10 Å². The van der Waals surface area contributed by atoms with Crippen LogP contribution < -0.4 is 5.32 Å². The summed E-state index contributed by atoms with van der Waals surface area (Å²) in [6.45, 7) is 9.01. The lowest BCUT2D eigenvalue weighted by Crippen LogP contribution is -2.39. The van der Waals surface area contributed by atoms with E-state index in [9.17, 15) is 9.59 Å². The van der Waals surface area contributed by atoms with Gasteiger partial charge in [-0.25, -0.2) is 14.6 Å². The van der Waals surface area contributed by atoms with Crippen LogP contribution in [0.4, 0.5) is 5.69 Å². The van der Waals surface area contributed by atoms with Crippen molar-refractivity contribution in [3.8, 4) is 0 Å². The highest BCUT2D eigenvalue weighted by molar-refractivity contribution is 6.34. The Kier molecular flexibility index (Phi) is 5.21. The Morgan fingerprint density at radius 2 is 1.89 bits per heavy atom. The van der Waals surface area contributed by atoms with Crippen LogP contribution in [0.3, 0.4) is 0 Å². The van der Waals surface area contributed by atoms with Crippen molar-refractivity contribution in [1.82, 2.24) is 19.7 Å². The second-order valence-corrected chi connectivity index (χ2v) is 8.18. The number of rotatable bonds is 4. The fraction of sp³-hybridized carbons (Fsp3) is 0.350. The molecule has 0 spiro atoms. The molecule has 0 saturated carbocycles. The number of aryl methyl sites for hydroxylation is 2. The lowest BCUT2D eigenvalue weighted by Gasteiger charge is -2.24. The van der Waals surface area contributed by atoms with Gasteiger partial charge < -0.3 is 5.32 Å². The highest BCUT2D eigenvalue weighted by Crippen LogP contribution is 2.29. The van der Waals surface area contributed by atoms with Crippen LogP contribution in [0.1, 0.15) is 38.1 Å². The maximum absolute atomic E-state index is 13.2. The number of nitrogens with zero attached hydrogens (tertiary/aromatic N) is 4. The van der Waals surface area contributed by atoms with Crippen LogP contribution in [-0.4, -0.2) is 31.4 Å². The van der Waals surface area contributed by atoms with Crippen LogP contribution in [0.5, 0.6) is 0 Å². The number of carbonyl (C=O) groups excluding carboxylic acids is 2. The molecule has 3 aromatic rings. The number of carbonyl (C=O) groups is 2. The van der Waals surface area contributed by atoms with Crippen molar-refractivity contribution in [3.63, 3.8) is 0 Å². The Morgan fingerprint density at radius 3 is 2.57 bits per heavy atom. The largest absolute Gasteiger partial charge is 0.322 e. The lowest BCUT2D eigenvalue weighted by molar-refractivity contribution is -0.135. The Hall–Kier alpha value is -2.80. The molecule has 146 valence electrons. The summed E-state index contributed by atoms with van der Waals surface area (Å²) >= 11 is 6.21. The van der Waals surface area contributed by atoms with Gasteiger partial charge in [-0.05, 0) is 31.5 Å². The molecule has 1 N–H and O–H groups in total. The second kappa shape index (κ2) is 7.31. The highest BCUT2D eigenvalue weighted by Gasteiger charge is 2.38. The van der Waals surface area contributed by atoms with Gasteiger partial charge in [0.25, 0.3) is 5.91 Å². The third-order valence-electron chi connectivity index (χ3n) is 4.45. The molecule has 1 amide bonds. The van der Waals surface area contributed by atoms with Gasteiger partial charge in [0.15, 0.2) is 17.5 Å². The number of aromatic nitrogens is 4. The first kappa shape index (κ1) is 19.9. The summed E-state index contributed by atoms with van der Waals surface area (Å²) in [5.41, 5.74) is 1.77. The summed E-state index contributed by atoms with van der Waals surface area (Å²) in [7, 11) is 0. The van der Waals surface area contributed by atoms with E-state index >= 15 is 0 Å². The van der Waals surface area contributed by atoms with Crippen molar-refractivity contribution in [2.24, 2.45) is 5.41 Å². The van der Waals surface area contributed by atoms with E-state index in [1.165, 1.54) is 11.0 Å². The van der Waals surface area contributed by atoms with Crippen molar-refractivity contribution < 1.29 is 9.59 Å². The maximum atomic E-state index is 13.2. The molecule has 8 heteroatoms. The van der Waals surface area contributed by atoms with Crippen molar-refractivity contribution in [2.45, 2.75) is 40.7 Å². The van der Waals surface area contributed by atoms with Crippen LogP contribution in [-0.2, 0) is 9.59 Å². The first-order valence-electron chi connectivity index (χ1n) is 8.85. The Bertz CT molecular complexity index is 1070. The highest BCUT2D eigenvalue weighted by atomic mass is 35.5. The van der Waals surface area contributed by atoms with E-state index in [4.69, 9.17) is 11.6 Å². The lowest BCUT2D eigenvalue weighted by atomic mass is 9.86. The molecule has 0 bridgehead atoms. The molecule has 1 aromatic carbocycles. The molecule has 7 nitrogen and oxygen atoms in total. The molecular formula is C20H22ClN5O2. The Morgan fingerprint density at radius 1 is 1.18 bits per heavy atom. The molecule has 1 unspecified atom stereocenters. The van der Waals surface area contributed by atoms with Gasteiger partial charge in [0.2, 0.25) is 0 Å². The number of nitrogens with one attached hydrogen (secondary N) is 1. The van der Waals surface area contributed by atoms with E-state index in [0.29, 0.717) is 21.7 Å². The average molecular weight is 400 g/mol. The summed E-state index contributed by atoms with van der Waals surface area (Å²) in [5, 5.41) is 8.15. The molecular weight excluding hydrogens is 378 g/mol. The zero-order valence-electron chi connectivity index (χ0n) is 16.4. The molecule has 0 aliphatic heterocycles. The number of amides is 1. The van der Waals surface area contributed by atoms with E-state index in [-0.39, 0.29) is 5.78 Å². The fourth-order valence-corrected chi connectivity index (χ4v) is 3.02. The van der Waals surface area contributed by atoms with Gasteiger partial charge in [0, 0.05) is 5.41 Å². The van der Waals surface area contributed by atoms with Crippen LogP contribution in [0.25, 0.3) is 11.0 Å². The zero-order valence-corrected chi connectivity index (χ0v) is 17.2. The van der Waals surface area contributed by atoms with E-state index < -0.39 is 17.4 Å². The van der Waals surface area contributed by atoms with Gasteiger partial charge >= 0.3 is 0 Å². The monoisotopic (exact) mass is 399 g/mol. The first-order chi connectivity index (χ1) is 13.1. The van der Waals surface area contributed by atoms with Crippen molar-refractivity contribution in [2.75, 3.05) is 5.32 Å². The van der Waals surface area contributed by atoms with Gasteiger partial charge in [-0.1, -0.05) is 38.4 Å². The number of Topliss-reactive ketones (excluding diaryl/α,β-unsaturated/α-hetero) is 1. The maximum Gasteiger partial charge on any atom is 0.257 e. The standard InChI is InChI=1S/C20H22ClN5O2/c1-11-6-7-14(21)15(8-11)25-19(28)16(17(27)20(3,4)5)26-18-13(9-24-26)12(2)22-10-23-18/h6-10,16H,1-5H3,(H,25,28). The number of benzene rings is 1. The summed E-state index contributed by atoms with van der Waals surface area (Å²) in [6, 6.07) is 4.11. The predicted octanol–water partition coefficient (Wildman–Crippen LogP) is 3.89. The van der Waals surface area contributed by atoms with Crippen molar-refractivity contribution in [3.05, 3.63) is 47.0 Å². The summed E-state index contributed by atoms with van der Waals surface area (Å²) < 4.78 is 1.36. The first-order valence-corrected chi connectivity index (χ1v) is 9.23. The Balaban J connectivity index is 2.09. The number of ketones is 1. The number of halogens is 1. The van der Waals surface area contributed by atoms with E-state index in [1.807, 2.05) is 19.9 Å². The topological polar surface area (TPSA) is 89.8 Å². The molecule has 1 atom stereocenters. The quantitative estimate of drug-likeness (QED) is 0.672. The molecule has 3 rings (SSSR count). The van der Waals surface area contributed by atoms with Crippen LogP contribution in [0.2, 0.25) is 5.02 Å². The molecule has 0 fully saturated rings. The SMILES string of the molecule is Cc1ccc(Cl)c(NC(=O)C(C(=O)C(C)(C)C)n2ncc3c(C)ncnc32)c1. The molecule has 2 heterocycles. The molecule has 0 radical (unpaired) electrons. The normalized spacial score (nSPS) is 12.8.